The Balaban J connectivity index is 2.24. The van der Waals surface area contributed by atoms with Gasteiger partial charge in [0, 0.05) is 27.7 Å². The van der Waals surface area contributed by atoms with Gasteiger partial charge in [-0.15, -0.1) is 0 Å². The molecule has 5 nitrogen and oxygen atoms in total. The fourth-order valence-electron chi connectivity index (χ4n) is 2.95. The molecule has 0 saturated heterocycles. The molecule has 0 aromatic heterocycles. The second kappa shape index (κ2) is 12.2. The van der Waals surface area contributed by atoms with E-state index in [0.717, 1.165) is 6.42 Å². The largest absolute Gasteiger partial charge is 0.484 e. The molecule has 2 atom stereocenters. The van der Waals surface area contributed by atoms with Gasteiger partial charge in [0.1, 0.15) is 11.8 Å². The Morgan fingerprint density at radius 2 is 1.65 bits per heavy atom. The van der Waals surface area contributed by atoms with E-state index < -0.39 is 6.04 Å². The molecule has 0 aliphatic carbocycles. The zero-order valence-corrected chi connectivity index (χ0v) is 20.1. The van der Waals surface area contributed by atoms with Crippen molar-refractivity contribution in [2.24, 2.45) is 0 Å². The predicted octanol–water partition coefficient (Wildman–Crippen LogP) is 5.75. The number of hydrogen-bond donors (Lipinski definition) is 1. The first-order valence-corrected chi connectivity index (χ1v) is 11.3. The molecule has 0 heterocycles. The number of carbonyl (C=O) groups excluding carboxylic acids is 2. The summed E-state index contributed by atoms with van der Waals surface area (Å²) >= 11 is 18.2. The minimum Gasteiger partial charge on any atom is -0.484 e. The average Bonchev–Trinajstić information content (AvgIpc) is 2.74. The van der Waals surface area contributed by atoms with E-state index in [1.165, 1.54) is 4.90 Å². The topological polar surface area (TPSA) is 58.6 Å². The zero-order chi connectivity index (χ0) is 23.0. The summed E-state index contributed by atoms with van der Waals surface area (Å²) in [5, 5.41) is 4.47. The van der Waals surface area contributed by atoms with Gasteiger partial charge >= 0.3 is 0 Å². The number of ether oxygens (including phenoxy) is 1. The Kier molecular flexibility index (Phi) is 9.94. The number of nitrogens with zero attached hydrogens (tertiary/aromatic N) is 1. The van der Waals surface area contributed by atoms with Crippen molar-refractivity contribution in [2.75, 3.05) is 6.61 Å². The van der Waals surface area contributed by atoms with Crippen LogP contribution in [0.1, 0.15) is 39.2 Å². The van der Waals surface area contributed by atoms with Crippen molar-refractivity contribution in [1.29, 1.82) is 0 Å². The second-order valence-electron chi connectivity index (χ2n) is 7.24. The van der Waals surface area contributed by atoms with E-state index in [-0.39, 0.29) is 31.0 Å². The van der Waals surface area contributed by atoms with E-state index in [9.17, 15) is 9.59 Å². The molecule has 0 bridgehead atoms. The lowest BCUT2D eigenvalue weighted by Gasteiger charge is -2.31. The van der Waals surface area contributed by atoms with Crippen LogP contribution in [0.2, 0.25) is 15.1 Å². The smallest absolute Gasteiger partial charge is 0.261 e. The van der Waals surface area contributed by atoms with Gasteiger partial charge in [-0.1, -0.05) is 54.7 Å². The minimum atomic E-state index is -0.665. The fourth-order valence-corrected chi connectivity index (χ4v) is 3.55. The summed E-state index contributed by atoms with van der Waals surface area (Å²) in [6.07, 6.45) is 1.24. The maximum absolute atomic E-state index is 13.2. The van der Waals surface area contributed by atoms with Crippen LogP contribution in [0, 0.1) is 0 Å². The molecule has 0 aliphatic rings. The van der Waals surface area contributed by atoms with Crippen LogP contribution < -0.4 is 10.1 Å². The highest BCUT2D eigenvalue weighted by atomic mass is 35.5. The summed E-state index contributed by atoms with van der Waals surface area (Å²) in [7, 11) is 0. The van der Waals surface area contributed by atoms with Gasteiger partial charge in [-0.3, -0.25) is 9.59 Å². The molecule has 0 spiro atoms. The van der Waals surface area contributed by atoms with Crippen LogP contribution >= 0.6 is 34.8 Å². The van der Waals surface area contributed by atoms with E-state index in [1.54, 1.807) is 42.5 Å². The van der Waals surface area contributed by atoms with Gasteiger partial charge in [0.25, 0.3) is 5.91 Å². The molecule has 2 aromatic rings. The van der Waals surface area contributed by atoms with Crippen molar-refractivity contribution in [1.82, 2.24) is 10.2 Å². The molecule has 0 saturated carbocycles. The first-order chi connectivity index (χ1) is 14.7. The highest BCUT2D eigenvalue weighted by Crippen LogP contribution is 2.24. The first-order valence-electron chi connectivity index (χ1n) is 10.2. The molecule has 0 radical (unpaired) electrons. The summed E-state index contributed by atoms with van der Waals surface area (Å²) in [4.78, 5) is 27.6. The predicted molar refractivity (Wildman–Crippen MR) is 126 cm³/mol. The third kappa shape index (κ3) is 7.60. The van der Waals surface area contributed by atoms with Crippen molar-refractivity contribution in [2.45, 2.75) is 52.2 Å². The Morgan fingerprint density at radius 3 is 2.23 bits per heavy atom. The first kappa shape index (κ1) is 25.3. The van der Waals surface area contributed by atoms with Gasteiger partial charge in [-0.05, 0) is 61.7 Å². The molecule has 0 unspecified atom stereocenters. The van der Waals surface area contributed by atoms with Crippen LogP contribution in [0.15, 0.2) is 42.5 Å². The van der Waals surface area contributed by atoms with E-state index in [0.29, 0.717) is 32.8 Å². The standard InChI is InChI=1S/C23H27Cl3N2O3/c1-4-15(3)27-23(30)21(5-2)28(13-16-6-7-18(25)12-20(16)26)22(29)14-31-19-10-8-17(24)9-11-19/h6-12,15,21H,4-5,13-14H2,1-3H3,(H,27,30)/t15-,21-/m1/s1. The lowest BCUT2D eigenvalue weighted by Crippen LogP contribution is -2.51. The molecule has 31 heavy (non-hydrogen) atoms. The summed E-state index contributed by atoms with van der Waals surface area (Å²) in [5.41, 5.74) is 0.695. The van der Waals surface area contributed by atoms with Crippen LogP contribution in [-0.2, 0) is 16.1 Å². The number of halogens is 3. The maximum Gasteiger partial charge on any atom is 0.261 e. The Labute approximate surface area is 198 Å². The summed E-state index contributed by atoms with van der Waals surface area (Å²) in [6, 6.07) is 11.1. The summed E-state index contributed by atoms with van der Waals surface area (Å²) in [6.45, 7) is 5.72. The SMILES string of the molecule is CC[C@@H](C)NC(=O)[C@@H](CC)N(Cc1ccc(Cl)cc1Cl)C(=O)COc1ccc(Cl)cc1. The molecule has 8 heteroatoms. The molecule has 0 aliphatic heterocycles. The number of hydrogen-bond acceptors (Lipinski definition) is 3. The average molecular weight is 486 g/mol. The number of amides is 2. The number of rotatable bonds is 10. The van der Waals surface area contributed by atoms with Crippen LogP contribution in [0.4, 0.5) is 0 Å². The van der Waals surface area contributed by atoms with Gasteiger partial charge < -0.3 is 15.0 Å². The minimum absolute atomic E-state index is 0.00272. The van der Waals surface area contributed by atoms with Crippen LogP contribution in [0.5, 0.6) is 5.75 Å². The number of nitrogens with one attached hydrogen (secondary N) is 1. The second-order valence-corrected chi connectivity index (χ2v) is 8.52. The van der Waals surface area contributed by atoms with Gasteiger partial charge in [0.15, 0.2) is 6.61 Å². The molecule has 2 aromatic carbocycles. The number of carbonyl (C=O) groups is 2. The molecule has 1 N–H and O–H groups in total. The van der Waals surface area contributed by atoms with Gasteiger partial charge in [-0.25, -0.2) is 0 Å². The van der Waals surface area contributed by atoms with Gasteiger partial charge in [-0.2, -0.15) is 0 Å². The molecular weight excluding hydrogens is 459 g/mol. The van der Waals surface area contributed by atoms with E-state index in [4.69, 9.17) is 39.5 Å². The molecule has 2 amide bonds. The highest BCUT2D eigenvalue weighted by molar-refractivity contribution is 6.35. The fraction of sp³-hybridized carbons (Fsp3) is 0.391. The molecule has 0 fully saturated rings. The lowest BCUT2D eigenvalue weighted by atomic mass is 10.1. The van der Waals surface area contributed by atoms with E-state index in [2.05, 4.69) is 5.32 Å². The Hall–Kier alpha value is -1.95. The van der Waals surface area contributed by atoms with Gasteiger partial charge in [0.2, 0.25) is 5.91 Å². The van der Waals surface area contributed by atoms with Crippen molar-refractivity contribution >= 4 is 46.6 Å². The molecule has 168 valence electrons. The lowest BCUT2D eigenvalue weighted by molar-refractivity contribution is -0.143. The Morgan fingerprint density at radius 1 is 1.00 bits per heavy atom. The van der Waals surface area contributed by atoms with E-state index in [1.807, 2.05) is 20.8 Å². The quantitative estimate of drug-likeness (QED) is 0.466. The van der Waals surface area contributed by atoms with Crippen LogP contribution in [0.25, 0.3) is 0 Å². The van der Waals surface area contributed by atoms with Crippen LogP contribution in [-0.4, -0.2) is 35.4 Å². The van der Waals surface area contributed by atoms with Gasteiger partial charge in [0.05, 0.1) is 0 Å². The summed E-state index contributed by atoms with van der Waals surface area (Å²) < 4.78 is 5.63. The van der Waals surface area contributed by atoms with E-state index >= 15 is 0 Å². The van der Waals surface area contributed by atoms with Crippen molar-refractivity contribution < 1.29 is 14.3 Å². The zero-order valence-electron chi connectivity index (χ0n) is 17.8. The van der Waals surface area contributed by atoms with Crippen LogP contribution in [0.3, 0.4) is 0 Å². The number of benzene rings is 2. The molecule has 2 rings (SSSR count). The van der Waals surface area contributed by atoms with Crippen molar-refractivity contribution in [3.05, 3.63) is 63.1 Å². The monoisotopic (exact) mass is 484 g/mol. The third-order valence-corrected chi connectivity index (χ3v) is 5.76. The Bertz CT molecular complexity index is 890. The van der Waals surface area contributed by atoms with Crippen molar-refractivity contribution in [3.63, 3.8) is 0 Å². The van der Waals surface area contributed by atoms with Crippen molar-refractivity contribution in [3.8, 4) is 5.75 Å². The summed E-state index contributed by atoms with van der Waals surface area (Å²) in [5.74, 6) is -0.0202. The third-order valence-electron chi connectivity index (χ3n) is 4.92. The maximum atomic E-state index is 13.2. The normalized spacial score (nSPS) is 12.7. The highest BCUT2D eigenvalue weighted by Gasteiger charge is 2.30. The molecular formula is C23H27Cl3N2O3.